The monoisotopic (exact) mass is 396 g/mol. The molecule has 25 heavy (non-hydrogen) atoms. The molecule has 1 aromatic rings. The molecule has 1 aromatic carbocycles. The van der Waals surface area contributed by atoms with Crippen LogP contribution in [-0.2, 0) is 14.8 Å². The van der Waals surface area contributed by atoms with Gasteiger partial charge in [-0.2, -0.15) is 8.78 Å². The van der Waals surface area contributed by atoms with E-state index in [0.29, 0.717) is 0 Å². The van der Waals surface area contributed by atoms with Crippen molar-refractivity contribution in [2.75, 3.05) is 13.1 Å². The van der Waals surface area contributed by atoms with Crippen LogP contribution in [0.3, 0.4) is 0 Å². The van der Waals surface area contributed by atoms with Gasteiger partial charge in [-0.05, 0) is 38.5 Å². The SMILES string of the molecule is CC(C)NS(=O)(=O)c1ccc(Cl)c(C(=O)N2CC[C@H](OC(F)F)C2)c1. The molecule has 0 aliphatic carbocycles. The van der Waals surface area contributed by atoms with E-state index in [1.54, 1.807) is 13.8 Å². The molecular formula is C15H19ClF2N2O4S. The molecule has 140 valence electrons. The van der Waals surface area contributed by atoms with Crippen LogP contribution >= 0.6 is 11.6 Å². The molecule has 1 saturated heterocycles. The van der Waals surface area contributed by atoms with Crippen molar-refractivity contribution >= 4 is 27.5 Å². The highest BCUT2D eigenvalue weighted by Crippen LogP contribution is 2.25. The molecule has 1 atom stereocenters. The van der Waals surface area contributed by atoms with E-state index in [0.717, 1.165) is 0 Å². The molecule has 0 radical (unpaired) electrons. The lowest BCUT2D eigenvalue weighted by molar-refractivity contribution is -0.158. The average molecular weight is 397 g/mol. The Morgan fingerprint density at radius 1 is 1.40 bits per heavy atom. The minimum Gasteiger partial charge on any atom is -0.336 e. The molecule has 1 N–H and O–H groups in total. The van der Waals surface area contributed by atoms with Crippen molar-refractivity contribution in [1.29, 1.82) is 0 Å². The normalized spacial score (nSPS) is 18.4. The number of carbonyl (C=O) groups is 1. The largest absolute Gasteiger partial charge is 0.345 e. The minimum absolute atomic E-state index is 0.000718. The molecule has 0 unspecified atom stereocenters. The highest BCUT2D eigenvalue weighted by Gasteiger charge is 2.31. The number of halogens is 3. The lowest BCUT2D eigenvalue weighted by Crippen LogP contribution is -2.32. The Balaban J connectivity index is 2.22. The smallest absolute Gasteiger partial charge is 0.336 e. The fraction of sp³-hybridized carbons (Fsp3) is 0.533. The minimum atomic E-state index is -3.79. The molecule has 1 aliphatic heterocycles. The van der Waals surface area contributed by atoms with E-state index in [-0.39, 0.29) is 41.0 Å². The molecule has 1 aliphatic rings. The van der Waals surface area contributed by atoms with Crippen LogP contribution in [0.25, 0.3) is 0 Å². The number of nitrogens with one attached hydrogen (secondary N) is 1. The Kier molecular flexibility index (Phi) is 6.36. The first-order chi connectivity index (χ1) is 11.6. The van der Waals surface area contributed by atoms with Crippen LogP contribution in [-0.4, -0.2) is 51.1 Å². The fourth-order valence-electron chi connectivity index (χ4n) is 2.55. The van der Waals surface area contributed by atoms with Crippen LogP contribution in [0, 0.1) is 0 Å². The van der Waals surface area contributed by atoms with Crippen molar-refractivity contribution in [1.82, 2.24) is 9.62 Å². The van der Waals surface area contributed by atoms with Crippen molar-refractivity contribution in [3.63, 3.8) is 0 Å². The Bertz CT molecular complexity index is 743. The summed E-state index contributed by atoms with van der Waals surface area (Å²) in [6.07, 6.45) is -0.474. The molecule has 0 bridgehead atoms. The van der Waals surface area contributed by atoms with Gasteiger partial charge in [0, 0.05) is 19.1 Å². The number of hydrogen-bond acceptors (Lipinski definition) is 4. The molecule has 0 saturated carbocycles. The van der Waals surface area contributed by atoms with Gasteiger partial charge in [-0.15, -0.1) is 0 Å². The highest BCUT2D eigenvalue weighted by molar-refractivity contribution is 7.89. The second-order valence-corrected chi connectivity index (χ2v) is 8.10. The highest BCUT2D eigenvalue weighted by atomic mass is 35.5. The molecule has 1 amide bonds. The number of alkyl halides is 2. The summed E-state index contributed by atoms with van der Waals surface area (Å²) in [6, 6.07) is 3.51. The van der Waals surface area contributed by atoms with E-state index in [4.69, 9.17) is 11.6 Å². The summed E-state index contributed by atoms with van der Waals surface area (Å²) in [6.45, 7) is 0.674. The predicted octanol–water partition coefficient (Wildman–Crippen LogP) is 2.48. The van der Waals surface area contributed by atoms with E-state index in [2.05, 4.69) is 9.46 Å². The van der Waals surface area contributed by atoms with Crippen LogP contribution in [0.4, 0.5) is 8.78 Å². The molecular weight excluding hydrogens is 378 g/mol. The van der Waals surface area contributed by atoms with Gasteiger partial charge in [0.25, 0.3) is 5.91 Å². The Hall–Kier alpha value is -1.29. The Morgan fingerprint density at radius 2 is 2.08 bits per heavy atom. The molecule has 1 heterocycles. The quantitative estimate of drug-likeness (QED) is 0.801. The summed E-state index contributed by atoms with van der Waals surface area (Å²) in [5.41, 5.74) is 0.00555. The van der Waals surface area contributed by atoms with Crippen molar-refractivity contribution in [3.8, 4) is 0 Å². The van der Waals surface area contributed by atoms with Crippen LogP contribution in [0.5, 0.6) is 0 Å². The molecule has 6 nitrogen and oxygen atoms in total. The van der Waals surface area contributed by atoms with Crippen LogP contribution in [0.1, 0.15) is 30.6 Å². The van der Waals surface area contributed by atoms with Gasteiger partial charge in [0.1, 0.15) is 0 Å². The zero-order valence-electron chi connectivity index (χ0n) is 13.7. The first kappa shape index (κ1) is 20.0. The third-order valence-electron chi connectivity index (χ3n) is 3.60. The van der Waals surface area contributed by atoms with Crippen LogP contribution in [0.2, 0.25) is 5.02 Å². The molecule has 1 fully saturated rings. The average Bonchev–Trinajstić information content (AvgIpc) is 2.93. The van der Waals surface area contributed by atoms with E-state index >= 15 is 0 Å². The predicted molar refractivity (Wildman–Crippen MR) is 88.3 cm³/mol. The lowest BCUT2D eigenvalue weighted by atomic mass is 10.2. The standard InChI is InChI=1S/C15H19ClF2N2O4S/c1-9(2)19-25(22,23)11-3-4-13(16)12(7-11)14(21)20-6-5-10(8-20)24-15(17)18/h3-4,7,9-10,15,19H,5-6,8H2,1-2H3/t10-/m0/s1. The maximum absolute atomic E-state index is 12.6. The number of sulfonamides is 1. The summed E-state index contributed by atoms with van der Waals surface area (Å²) >= 11 is 6.03. The second kappa shape index (κ2) is 7.94. The van der Waals surface area contributed by atoms with Crippen molar-refractivity contribution in [2.24, 2.45) is 0 Å². The molecule has 2 rings (SSSR count). The number of nitrogens with zero attached hydrogens (tertiary/aromatic N) is 1. The summed E-state index contributed by atoms with van der Waals surface area (Å²) < 4.78 is 55.9. The number of likely N-dealkylation sites (tertiary alicyclic amines) is 1. The van der Waals surface area contributed by atoms with Gasteiger partial charge in [-0.25, -0.2) is 13.1 Å². The number of amides is 1. The topological polar surface area (TPSA) is 75.7 Å². The maximum Gasteiger partial charge on any atom is 0.345 e. The second-order valence-electron chi connectivity index (χ2n) is 5.98. The number of ether oxygens (including phenoxy) is 1. The molecule has 0 spiro atoms. The fourth-order valence-corrected chi connectivity index (χ4v) is 4.03. The zero-order chi connectivity index (χ0) is 18.8. The van der Waals surface area contributed by atoms with Crippen molar-refractivity contribution in [2.45, 2.75) is 43.9 Å². The molecule has 0 aromatic heterocycles. The lowest BCUT2D eigenvalue weighted by Gasteiger charge is -2.18. The van der Waals surface area contributed by atoms with Gasteiger partial charge >= 0.3 is 6.61 Å². The van der Waals surface area contributed by atoms with Crippen molar-refractivity contribution < 1.29 is 26.7 Å². The number of carbonyl (C=O) groups excluding carboxylic acids is 1. The van der Waals surface area contributed by atoms with E-state index < -0.39 is 28.6 Å². The number of rotatable bonds is 6. The summed E-state index contributed by atoms with van der Waals surface area (Å²) in [5, 5.41) is 0.0896. The van der Waals surface area contributed by atoms with E-state index in [1.807, 2.05) is 0 Å². The van der Waals surface area contributed by atoms with Gasteiger partial charge < -0.3 is 9.64 Å². The summed E-state index contributed by atoms with van der Waals surface area (Å²) in [4.78, 5) is 13.8. The third kappa shape index (κ3) is 5.10. The summed E-state index contributed by atoms with van der Waals surface area (Å²) in [7, 11) is -3.79. The van der Waals surface area contributed by atoms with Gasteiger partial charge in [0.05, 0.1) is 21.6 Å². The first-order valence-corrected chi connectivity index (χ1v) is 9.51. The van der Waals surface area contributed by atoms with Crippen LogP contribution in [0.15, 0.2) is 23.1 Å². The first-order valence-electron chi connectivity index (χ1n) is 7.65. The van der Waals surface area contributed by atoms with Gasteiger partial charge in [0.15, 0.2) is 0 Å². The van der Waals surface area contributed by atoms with Crippen molar-refractivity contribution in [3.05, 3.63) is 28.8 Å². The van der Waals surface area contributed by atoms with Crippen LogP contribution < -0.4 is 4.72 Å². The van der Waals surface area contributed by atoms with E-state index in [9.17, 15) is 22.0 Å². The van der Waals surface area contributed by atoms with Gasteiger partial charge in [-0.3, -0.25) is 4.79 Å². The number of benzene rings is 1. The Morgan fingerprint density at radius 3 is 2.68 bits per heavy atom. The number of hydrogen-bond donors (Lipinski definition) is 1. The third-order valence-corrected chi connectivity index (χ3v) is 5.58. The molecule has 10 heteroatoms. The summed E-state index contributed by atoms with van der Waals surface area (Å²) in [5.74, 6) is -0.521. The van der Waals surface area contributed by atoms with Gasteiger partial charge in [-0.1, -0.05) is 11.6 Å². The van der Waals surface area contributed by atoms with Gasteiger partial charge in [0.2, 0.25) is 10.0 Å². The maximum atomic E-state index is 12.6. The zero-order valence-corrected chi connectivity index (χ0v) is 15.3. The Labute approximate surface area is 150 Å². The van der Waals surface area contributed by atoms with E-state index in [1.165, 1.54) is 23.1 Å².